The lowest BCUT2D eigenvalue weighted by molar-refractivity contribution is -0.116. The van der Waals surface area contributed by atoms with Crippen LogP contribution >= 0.6 is 0 Å². The summed E-state index contributed by atoms with van der Waals surface area (Å²) in [6.07, 6.45) is 0. The molecule has 2 aromatic carbocycles. The van der Waals surface area contributed by atoms with Crippen molar-refractivity contribution in [1.29, 1.82) is 0 Å². The third-order valence-electron chi connectivity index (χ3n) is 4.97. The maximum atomic E-state index is 13.8. The van der Waals surface area contributed by atoms with Gasteiger partial charge >= 0.3 is 5.97 Å². The van der Waals surface area contributed by atoms with E-state index in [0.717, 1.165) is 16.8 Å². The van der Waals surface area contributed by atoms with E-state index in [-0.39, 0.29) is 24.9 Å². The Morgan fingerprint density at radius 3 is 2.37 bits per heavy atom. The molecule has 0 atom stereocenters. The first-order valence-electron chi connectivity index (χ1n) is 9.80. The van der Waals surface area contributed by atoms with E-state index in [1.54, 1.807) is 43.5 Å². The molecule has 0 fully saturated rings. The summed E-state index contributed by atoms with van der Waals surface area (Å²) in [5.74, 6) is -1.13. The number of rotatable bonds is 6. The van der Waals surface area contributed by atoms with Gasteiger partial charge in [0.05, 0.1) is 12.2 Å². The summed E-state index contributed by atoms with van der Waals surface area (Å²) >= 11 is 0. The van der Waals surface area contributed by atoms with Crippen LogP contribution in [0.1, 0.15) is 34.1 Å². The van der Waals surface area contributed by atoms with Crippen molar-refractivity contribution in [3.63, 3.8) is 0 Å². The van der Waals surface area contributed by atoms with E-state index in [1.165, 1.54) is 6.07 Å². The van der Waals surface area contributed by atoms with E-state index >= 15 is 0 Å². The van der Waals surface area contributed by atoms with Gasteiger partial charge in [-0.2, -0.15) is 0 Å². The fourth-order valence-corrected chi connectivity index (χ4v) is 3.24. The van der Waals surface area contributed by atoms with Crippen molar-refractivity contribution in [3.8, 4) is 11.3 Å². The van der Waals surface area contributed by atoms with Gasteiger partial charge in [-0.05, 0) is 57.0 Å². The van der Waals surface area contributed by atoms with Gasteiger partial charge in [0.25, 0.3) is 0 Å². The summed E-state index contributed by atoms with van der Waals surface area (Å²) in [6, 6.07) is 14.2. The molecule has 1 aromatic heterocycles. The highest BCUT2D eigenvalue weighted by Gasteiger charge is 2.21. The van der Waals surface area contributed by atoms with Gasteiger partial charge in [0, 0.05) is 17.1 Å². The molecule has 0 aliphatic heterocycles. The second-order valence-corrected chi connectivity index (χ2v) is 7.21. The van der Waals surface area contributed by atoms with E-state index in [2.05, 4.69) is 5.32 Å². The Balaban J connectivity index is 1.94. The van der Waals surface area contributed by atoms with E-state index in [1.807, 2.05) is 31.2 Å². The van der Waals surface area contributed by atoms with Crippen molar-refractivity contribution in [2.45, 2.75) is 34.2 Å². The fraction of sp³-hybridized carbons (Fsp3) is 0.250. The van der Waals surface area contributed by atoms with E-state index < -0.39 is 5.97 Å². The first-order valence-corrected chi connectivity index (χ1v) is 9.80. The molecule has 5 nitrogen and oxygen atoms in total. The molecule has 0 bridgehead atoms. The van der Waals surface area contributed by atoms with Crippen LogP contribution in [-0.4, -0.2) is 23.1 Å². The Morgan fingerprint density at radius 2 is 1.73 bits per heavy atom. The zero-order chi connectivity index (χ0) is 21.8. The number of nitrogens with one attached hydrogen (secondary N) is 1. The van der Waals surface area contributed by atoms with Gasteiger partial charge in [-0.1, -0.05) is 35.9 Å². The lowest BCUT2D eigenvalue weighted by Gasteiger charge is -2.13. The van der Waals surface area contributed by atoms with Crippen molar-refractivity contribution in [3.05, 3.63) is 76.7 Å². The Labute approximate surface area is 175 Å². The molecule has 0 aliphatic rings. The average Bonchev–Trinajstić information content (AvgIpc) is 3.02. The van der Waals surface area contributed by atoms with Crippen LogP contribution in [0, 0.1) is 26.6 Å². The van der Waals surface area contributed by atoms with Gasteiger partial charge < -0.3 is 14.6 Å². The van der Waals surface area contributed by atoms with Crippen LogP contribution in [0.4, 0.5) is 10.1 Å². The molecule has 0 saturated heterocycles. The number of hydrogen-bond acceptors (Lipinski definition) is 3. The van der Waals surface area contributed by atoms with Gasteiger partial charge in [-0.15, -0.1) is 0 Å². The molecule has 1 heterocycles. The monoisotopic (exact) mass is 408 g/mol. The van der Waals surface area contributed by atoms with Crippen molar-refractivity contribution in [2.75, 3.05) is 11.9 Å². The maximum Gasteiger partial charge on any atom is 0.339 e. The fourth-order valence-electron chi connectivity index (χ4n) is 3.24. The summed E-state index contributed by atoms with van der Waals surface area (Å²) in [5, 5.41) is 2.72. The molecular weight excluding hydrogens is 383 g/mol. The Hall–Kier alpha value is -3.41. The van der Waals surface area contributed by atoms with Gasteiger partial charge in [0.2, 0.25) is 5.91 Å². The highest BCUT2D eigenvalue weighted by Crippen LogP contribution is 2.27. The summed E-state index contributed by atoms with van der Waals surface area (Å²) in [6.45, 7) is 7.43. The molecular formula is C24H25FN2O3. The summed E-state index contributed by atoms with van der Waals surface area (Å²) in [4.78, 5) is 25.1. The molecule has 1 amide bonds. The molecule has 1 N–H and O–H groups in total. The predicted molar refractivity (Wildman–Crippen MR) is 115 cm³/mol. The molecule has 3 aromatic rings. The van der Waals surface area contributed by atoms with Crippen molar-refractivity contribution >= 4 is 17.6 Å². The maximum absolute atomic E-state index is 13.8. The number of hydrogen-bond donors (Lipinski definition) is 1. The van der Waals surface area contributed by atoms with Crippen molar-refractivity contribution in [2.24, 2.45) is 0 Å². The molecule has 0 spiro atoms. The number of nitrogens with zero attached hydrogens (tertiary/aromatic N) is 1. The second kappa shape index (κ2) is 8.95. The van der Waals surface area contributed by atoms with Crippen LogP contribution in [0.3, 0.4) is 0 Å². The number of halogens is 1. The molecule has 0 radical (unpaired) electrons. The normalized spacial score (nSPS) is 10.7. The lowest BCUT2D eigenvalue weighted by atomic mass is 10.1. The predicted octanol–water partition coefficient (Wildman–Crippen LogP) is 5.03. The average molecular weight is 408 g/mol. The number of carbonyl (C=O) groups is 2. The molecule has 30 heavy (non-hydrogen) atoms. The number of anilines is 1. The molecule has 0 saturated carbocycles. The topological polar surface area (TPSA) is 60.3 Å². The van der Waals surface area contributed by atoms with Crippen LogP contribution in [0.2, 0.25) is 0 Å². The summed E-state index contributed by atoms with van der Waals surface area (Å²) in [5.41, 5.74) is 4.67. The van der Waals surface area contributed by atoms with Crippen LogP contribution in [0.15, 0.2) is 48.5 Å². The number of benzene rings is 2. The van der Waals surface area contributed by atoms with Crippen LogP contribution in [0.25, 0.3) is 11.3 Å². The summed E-state index contributed by atoms with van der Waals surface area (Å²) in [7, 11) is 0. The summed E-state index contributed by atoms with van der Waals surface area (Å²) < 4.78 is 20.7. The van der Waals surface area contributed by atoms with E-state index in [4.69, 9.17) is 4.74 Å². The minimum absolute atomic E-state index is 0.0239. The molecule has 3 rings (SSSR count). The van der Waals surface area contributed by atoms with E-state index in [0.29, 0.717) is 22.5 Å². The molecule has 156 valence electrons. The molecule has 0 unspecified atom stereocenters. The number of esters is 1. The third-order valence-corrected chi connectivity index (χ3v) is 4.97. The lowest BCUT2D eigenvalue weighted by Crippen LogP contribution is -2.20. The third kappa shape index (κ3) is 4.59. The minimum atomic E-state index is -0.428. The highest BCUT2D eigenvalue weighted by molar-refractivity contribution is 5.94. The number of aryl methyl sites for hydroxylation is 2. The smallest absolute Gasteiger partial charge is 0.339 e. The number of carbonyl (C=O) groups excluding carboxylic acids is 2. The quantitative estimate of drug-likeness (QED) is 0.582. The first-order chi connectivity index (χ1) is 14.3. The Bertz CT molecular complexity index is 1080. The highest BCUT2D eigenvalue weighted by atomic mass is 19.1. The SMILES string of the molecule is CCOC(=O)c1cc(-c2ccc(C)cc2)n(CC(=O)Nc2ccc(C)c(F)c2)c1C. The largest absolute Gasteiger partial charge is 0.462 e. The van der Waals surface area contributed by atoms with Gasteiger partial charge in [-0.3, -0.25) is 4.79 Å². The number of aromatic nitrogens is 1. The van der Waals surface area contributed by atoms with Crippen LogP contribution in [-0.2, 0) is 16.1 Å². The van der Waals surface area contributed by atoms with Crippen LogP contribution in [0.5, 0.6) is 0 Å². The van der Waals surface area contributed by atoms with Crippen molar-refractivity contribution < 1.29 is 18.7 Å². The zero-order valence-corrected chi connectivity index (χ0v) is 17.6. The molecule has 0 aliphatic carbocycles. The van der Waals surface area contributed by atoms with Gasteiger partial charge in [0.15, 0.2) is 0 Å². The molecule has 6 heteroatoms. The number of ether oxygens (including phenoxy) is 1. The first kappa shape index (κ1) is 21.3. The van der Waals surface area contributed by atoms with Gasteiger partial charge in [-0.25, -0.2) is 9.18 Å². The van der Waals surface area contributed by atoms with Gasteiger partial charge in [0.1, 0.15) is 12.4 Å². The van der Waals surface area contributed by atoms with Crippen molar-refractivity contribution in [1.82, 2.24) is 4.57 Å². The minimum Gasteiger partial charge on any atom is -0.462 e. The number of amides is 1. The Kier molecular flexibility index (Phi) is 6.35. The second-order valence-electron chi connectivity index (χ2n) is 7.21. The standard InChI is InChI=1S/C24H25FN2O3/c1-5-30-24(29)20-13-22(18-9-6-15(2)7-10-18)27(17(20)4)14-23(28)26-19-11-8-16(3)21(25)12-19/h6-13H,5,14H2,1-4H3,(H,26,28). The Morgan fingerprint density at radius 1 is 1.03 bits per heavy atom. The zero-order valence-electron chi connectivity index (χ0n) is 17.6. The van der Waals surface area contributed by atoms with Crippen LogP contribution < -0.4 is 5.32 Å². The van der Waals surface area contributed by atoms with E-state index in [9.17, 15) is 14.0 Å².